The molecule has 0 bridgehead atoms. The van der Waals surface area contributed by atoms with Gasteiger partial charge in [-0.05, 0) is 68.6 Å². The van der Waals surface area contributed by atoms with E-state index in [1.54, 1.807) is 0 Å². The monoisotopic (exact) mass is 392 g/mol. The van der Waals surface area contributed by atoms with Crippen LogP contribution in [0.3, 0.4) is 0 Å². The van der Waals surface area contributed by atoms with Crippen molar-refractivity contribution in [2.24, 2.45) is 28.4 Å². The number of hydrogen-bond acceptors (Lipinski definition) is 2. The van der Waals surface area contributed by atoms with Crippen LogP contribution in [0.4, 0.5) is 4.79 Å². The molecule has 2 amide bonds. The first kappa shape index (κ1) is 22.1. The first-order valence-electron chi connectivity index (χ1n) is 11.8. The van der Waals surface area contributed by atoms with Crippen LogP contribution in [0.5, 0.6) is 0 Å². The molecule has 0 aromatic heterocycles. The second-order valence-corrected chi connectivity index (χ2v) is 12.5. The highest BCUT2D eigenvalue weighted by Crippen LogP contribution is 2.44. The number of rotatable bonds is 4. The highest BCUT2D eigenvalue weighted by atomic mass is 16.2. The minimum atomic E-state index is 0.311. The van der Waals surface area contributed by atoms with E-state index in [0.717, 1.165) is 24.9 Å². The normalized spacial score (nSPS) is 41.5. The molecular weight excluding hydrogens is 346 g/mol. The average Bonchev–Trinajstić information content (AvgIpc) is 2.87. The first-order chi connectivity index (χ1) is 12.9. The zero-order valence-electron chi connectivity index (χ0n) is 19.5. The van der Waals surface area contributed by atoms with Crippen LogP contribution >= 0.6 is 0 Å². The Morgan fingerprint density at radius 3 is 2.32 bits per heavy atom. The molecule has 3 aliphatic rings. The van der Waals surface area contributed by atoms with E-state index in [9.17, 15) is 4.79 Å². The largest absolute Gasteiger partial charge is 0.418 e. The Kier molecular flexibility index (Phi) is 6.23. The Balaban J connectivity index is 1.51. The number of quaternary nitrogens is 1. The molecule has 2 atom stereocenters. The van der Waals surface area contributed by atoms with Crippen LogP contribution in [-0.2, 0) is 0 Å². The Hall–Kier alpha value is -0.610. The fourth-order valence-corrected chi connectivity index (χ4v) is 6.52. The van der Waals surface area contributed by atoms with Crippen LogP contribution in [0, 0.1) is 22.7 Å². The van der Waals surface area contributed by atoms with Crippen molar-refractivity contribution in [3.63, 3.8) is 0 Å². The first-order valence-corrected chi connectivity index (χ1v) is 11.8. The topological polar surface area (TPSA) is 46.3 Å². The van der Waals surface area contributed by atoms with Gasteiger partial charge in [-0.3, -0.25) is 4.90 Å². The van der Waals surface area contributed by atoms with Gasteiger partial charge in [-0.1, -0.05) is 27.7 Å². The van der Waals surface area contributed by atoms with Gasteiger partial charge in [0, 0.05) is 31.0 Å². The maximum Gasteiger partial charge on any atom is 0.418 e. The van der Waals surface area contributed by atoms with Crippen LogP contribution in [0.1, 0.15) is 85.5 Å². The lowest BCUT2D eigenvalue weighted by Crippen LogP contribution is -2.58. The molecular formula is C24H46N3O+. The summed E-state index contributed by atoms with van der Waals surface area (Å²) in [4.78, 5) is 15.5. The van der Waals surface area contributed by atoms with Gasteiger partial charge in [-0.15, -0.1) is 0 Å². The van der Waals surface area contributed by atoms with Crippen molar-refractivity contribution in [2.75, 3.05) is 27.2 Å². The Morgan fingerprint density at radius 2 is 1.75 bits per heavy atom. The summed E-state index contributed by atoms with van der Waals surface area (Å²) in [7, 11) is 4.24. The molecule has 2 aliphatic carbocycles. The number of likely N-dealkylation sites (tertiary alicyclic amines) is 1. The number of nitrogens with two attached hydrogens (primary N) is 1. The van der Waals surface area contributed by atoms with Crippen LogP contribution in [0.2, 0.25) is 0 Å². The summed E-state index contributed by atoms with van der Waals surface area (Å²) in [6.07, 6.45) is 11.1. The van der Waals surface area contributed by atoms with Gasteiger partial charge in [-0.2, -0.15) is 0 Å². The Bertz CT molecular complexity index is 557. The molecule has 3 rings (SSSR count). The summed E-state index contributed by atoms with van der Waals surface area (Å²) in [5.74, 6) is 1.61. The van der Waals surface area contributed by atoms with Gasteiger partial charge in [0.2, 0.25) is 0 Å². The number of urea groups is 1. The molecule has 0 radical (unpaired) electrons. The van der Waals surface area contributed by atoms with Crippen LogP contribution < -0.4 is 5.73 Å². The highest BCUT2D eigenvalue weighted by molar-refractivity contribution is 5.67. The molecule has 1 aliphatic heterocycles. The van der Waals surface area contributed by atoms with Crippen molar-refractivity contribution in [1.82, 2.24) is 4.90 Å². The van der Waals surface area contributed by atoms with E-state index < -0.39 is 0 Å². The van der Waals surface area contributed by atoms with Gasteiger partial charge >= 0.3 is 6.03 Å². The van der Waals surface area contributed by atoms with Crippen molar-refractivity contribution in [3.8, 4) is 0 Å². The second kappa shape index (κ2) is 7.91. The van der Waals surface area contributed by atoms with Crippen molar-refractivity contribution in [3.05, 3.63) is 0 Å². The molecule has 4 heteroatoms. The average molecular weight is 393 g/mol. The van der Waals surface area contributed by atoms with Gasteiger partial charge in [0.05, 0.1) is 20.1 Å². The summed E-state index contributed by atoms with van der Waals surface area (Å²) in [6, 6.07) is 1.24. The van der Waals surface area contributed by atoms with E-state index >= 15 is 0 Å². The SMILES string of the molecule is CN(C(=O)[N+]1(C)CCC(C)(C[C@H]2CC[C@@H](N)CC2)C1)C1CC(CC(C)(C)C)C1. The lowest BCUT2D eigenvalue weighted by Gasteiger charge is -2.45. The fourth-order valence-electron chi connectivity index (χ4n) is 6.52. The number of carbonyl (C=O) groups excluding carboxylic acids is 1. The molecule has 4 nitrogen and oxygen atoms in total. The fraction of sp³-hybridized carbons (Fsp3) is 0.958. The van der Waals surface area contributed by atoms with Crippen molar-refractivity contribution in [1.29, 1.82) is 0 Å². The van der Waals surface area contributed by atoms with Crippen LogP contribution in [-0.4, -0.2) is 54.7 Å². The quantitative estimate of drug-likeness (QED) is 0.683. The van der Waals surface area contributed by atoms with E-state index in [1.807, 2.05) is 0 Å². The van der Waals surface area contributed by atoms with Crippen LogP contribution in [0.25, 0.3) is 0 Å². The third kappa shape index (κ3) is 5.11. The molecule has 0 spiro atoms. The number of nitrogens with zero attached hydrogens (tertiary/aromatic N) is 2. The predicted octanol–water partition coefficient (Wildman–Crippen LogP) is 5.02. The van der Waals surface area contributed by atoms with Crippen LogP contribution in [0.15, 0.2) is 0 Å². The van der Waals surface area contributed by atoms with Gasteiger partial charge < -0.3 is 5.73 Å². The Labute approximate surface area is 173 Å². The maximum atomic E-state index is 13.4. The van der Waals surface area contributed by atoms with Crippen molar-refractivity contribution >= 4 is 6.03 Å². The molecule has 3 fully saturated rings. The minimum Gasteiger partial charge on any atom is -0.328 e. The third-order valence-electron chi connectivity index (χ3n) is 8.04. The van der Waals surface area contributed by atoms with E-state index in [0.29, 0.717) is 33.4 Å². The molecule has 1 heterocycles. The molecule has 162 valence electrons. The van der Waals surface area contributed by atoms with E-state index in [1.165, 1.54) is 57.8 Å². The molecule has 2 unspecified atom stereocenters. The molecule has 2 saturated carbocycles. The van der Waals surface area contributed by atoms with Gasteiger partial charge in [0.25, 0.3) is 0 Å². The smallest absolute Gasteiger partial charge is 0.328 e. The zero-order chi connectivity index (χ0) is 20.7. The maximum absolute atomic E-state index is 13.4. The molecule has 28 heavy (non-hydrogen) atoms. The highest BCUT2D eigenvalue weighted by Gasteiger charge is 2.51. The van der Waals surface area contributed by atoms with Gasteiger partial charge in [-0.25, -0.2) is 9.28 Å². The molecule has 0 aromatic rings. The van der Waals surface area contributed by atoms with Crippen molar-refractivity contribution < 1.29 is 9.28 Å². The summed E-state index contributed by atoms with van der Waals surface area (Å²) in [5.41, 5.74) is 6.80. The molecule has 0 aromatic carbocycles. The zero-order valence-corrected chi connectivity index (χ0v) is 19.5. The summed E-state index contributed by atoms with van der Waals surface area (Å²) in [6.45, 7) is 11.4. The second-order valence-electron chi connectivity index (χ2n) is 12.5. The standard InChI is InChI=1S/C24H46N3O/c1-23(2,3)15-19-13-21(14-19)26(5)22(28)27(6)12-11-24(4,17-27)16-18-7-9-20(25)10-8-18/h18-21H,7-17,25H2,1-6H3/q+1/t18-,19?,20+,21?,24?,27?. The minimum absolute atomic E-state index is 0.311. The van der Waals surface area contributed by atoms with Crippen molar-refractivity contribution in [2.45, 2.75) is 97.6 Å². The van der Waals surface area contributed by atoms with E-state index in [2.05, 4.69) is 46.7 Å². The van der Waals surface area contributed by atoms with E-state index in [4.69, 9.17) is 5.73 Å². The predicted molar refractivity (Wildman–Crippen MR) is 117 cm³/mol. The summed E-state index contributed by atoms with van der Waals surface area (Å²) >= 11 is 0. The molecule has 2 N–H and O–H groups in total. The lowest BCUT2D eigenvalue weighted by atomic mass is 9.71. The summed E-state index contributed by atoms with van der Waals surface area (Å²) < 4.78 is 0.611. The summed E-state index contributed by atoms with van der Waals surface area (Å²) in [5, 5.41) is 0. The number of hydrogen-bond donors (Lipinski definition) is 1. The van der Waals surface area contributed by atoms with Gasteiger partial charge in [0.15, 0.2) is 0 Å². The molecule has 1 saturated heterocycles. The lowest BCUT2D eigenvalue weighted by molar-refractivity contribution is -0.824. The van der Waals surface area contributed by atoms with Gasteiger partial charge in [0.1, 0.15) is 0 Å². The number of amides is 2. The Morgan fingerprint density at radius 1 is 1.14 bits per heavy atom. The third-order valence-corrected chi connectivity index (χ3v) is 8.04. The van der Waals surface area contributed by atoms with E-state index in [-0.39, 0.29) is 0 Å². The number of carbonyl (C=O) groups is 1.